The number of nitrogens with one attached hydrogen (secondary N) is 1. The van der Waals surface area contributed by atoms with Crippen LogP contribution in [0.1, 0.15) is 12.1 Å². The molecule has 0 aliphatic carbocycles. The highest BCUT2D eigenvalue weighted by Crippen LogP contribution is 2.22. The van der Waals surface area contributed by atoms with Gasteiger partial charge in [-0.3, -0.25) is 14.5 Å². The summed E-state index contributed by atoms with van der Waals surface area (Å²) in [4.78, 5) is 38.9. The number of aromatic nitrogens is 1. The number of nitrogens with zero attached hydrogens (tertiary/aromatic N) is 3. The smallest absolute Gasteiger partial charge is 0.324 e. The average molecular weight is 328 g/mol. The third-order valence-corrected chi connectivity index (χ3v) is 4.53. The van der Waals surface area contributed by atoms with Gasteiger partial charge < -0.3 is 14.7 Å². The van der Waals surface area contributed by atoms with Crippen LogP contribution in [0.2, 0.25) is 0 Å². The Kier molecular flexibility index (Phi) is 3.44. The van der Waals surface area contributed by atoms with Gasteiger partial charge in [0.05, 0.1) is 19.0 Å². The number of hydrogen-bond donors (Lipinski definition) is 1. The highest BCUT2D eigenvalue weighted by molar-refractivity contribution is 6.02. The van der Waals surface area contributed by atoms with Gasteiger partial charge in [0.1, 0.15) is 5.69 Å². The van der Waals surface area contributed by atoms with E-state index in [4.69, 9.17) is 4.52 Å². The minimum absolute atomic E-state index is 0.0359. The molecule has 2 aromatic rings. The molecule has 0 saturated carbocycles. The standard InChI is InChI=1S/C16H16N4O4/c21-14(7-12-11-3-1-2-4-13(11)24-18-12)19-6-5-10(9-19)20-15(22)8-17-16(20)23/h1-4,10H,5-9H2,(H,17,23). The first-order valence-corrected chi connectivity index (χ1v) is 7.84. The maximum Gasteiger partial charge on any atom is 0.324 e. The second kappa shape index (κ2) is 5.63. The molecule has 0 radical (unpaired) electrons. The van der Waals surface area contributed by atoms with E-state index in [0.717, 1.165) is 5.39 Å². The lowest BCUT2D eigenvalue weighted by atomic mass is 10.1. The maximum atomic E-state index is 12.5. The van der Waals surface area contributed by atoms with Gasteiger partial charge in [0.2, 0.25) is 11.8 Å². The molecule has 1 aromatic heterocycles. The SMILES string of the molecule is O=C(Cc1noc2ccccc12)N1CCC(N2C(=O)CNC2=O)C1. The summed E-state index contributed by atoms with van der Waals surface area (Å²) >= 11 is 0. The fourth-order valence-electron chi connectivity index (χ4n) is 3.30. The molecule has 0 spiro atoms. The van der Waals surface area contributed by atoms with Gasteiger partial charge in [0, 0.05) is 18.5 Å². The molecular weight excluding hydrogens is 312 g/mol. The lowest BCUT2D eigenvalue weighted by Gasteiger charge is -2.21. The zero-order valence-corrected chi connectivity index (χ0v) is 12.9. The van der Waals surface area contributed by atoms with Crippen LogP contribution in [0.15, 0.2) is 28.8 Å². The van der Waals surface area contributed by atoms with E-state index in [1.807, 2.05) is 18.2 Å². The number of carbonyl (C=O) groups excluding carboxylic acids is 3. The number of hydrogen-bond acceptors (Lipinski definition) is 5. The van der Waals surface area contributed by atoms with Crippen molar-refractivity contribution in [3.8, 4) is 0 Å². The largest absolute Gasteiger partial charge is 0.356 e. The van der Waals surface area contributed by atoms with Gasteiger partial charge in [-0.2, -0.15) is 0 Å². The summed E-state index contributed by atoms with van der Waals surface area (Å²) in [6.07, 6.45) is 0.744. The number of benzene rings is 1. The number of para-hydroxylation sites is 1. The predicted molar refractivity (Wildman–Crippen MR) is 82.9 cm³/mol. The van der Waals surface area contributed by atoms with E-state index in [1.54, 1.807) is 11.0 Å². The summed E-state index contributed by atoms with van der Waals surface area (Å²) in [7, 11) is 0. The number of likely N-dealkylation sites (tertiary alicyclic amines) is 1. The fourth-order valence-corrected chi connectivity index (χ4v) is 3.30. The minimum atomic E-state index is -0.373. The van der Waals surface area contributed by atoms with Crippen molar-refractivity contribution >= 4 is 28.8 Å². The number of amides is 4. The van der Waals surface area contributed by atoms with Gasteiger partial charge in [-0.15, -0.1) is 0 Å². The minimum Gasteiger partial charge on any atom is -0.356 e. The summed E-state index contributed by atoms with van der Waals surface area (Å²) in [6.45, 7) is 0.929. The van der Waals surface area contributed by atoms with E-state index < -0.39 is 0 Å². The monoisotopic (exact) mass is 328 g/mol. The molecule has 24 heavy (non-hydrogen) atoms. The Morgan fingerprint density at radius 2 is 2.17 bits per heavy atom. The highest BCUT2D eigenvalue weighted by Gasteiger charge is 2.39. The Balaban J connectivity index is 1.44. The topological polar surface area (TPSA) is 95.8 Å². The third-order valence-electron chi connectivity index (χ3n) is 4.53. The summed E-state index contributed by atoms with van der Waals surface area (Å²) in [6, 6.07) is 6.77. The first-order valence-electron chi connectivity index (χ1n) is 7.84. The second-order valence-electron chi connectivity index (χ2n) is 6.01. The van der Waals surface area contributed by atoms with E-state index in [0.29, 0.717) is 30.8 Å². The average Bonchev–Trinajstić information content (AvgIpc) is 3.28. The van der Waals surface area contributed by atoms with E-state index in [-0.39, 0.29) is 36.9 Å². The van der Waals surface area contributed by atoms with Crippen LogP contribution in [0.25, 0.3) is 11.0 Å². The molecule has 8 nitrogen and oxygen atoms in total. The van der Waals surface area contributed by atoms with Crippen LogP contribution < -0.4 is 5.32 Å². The van der Waals surface area contributed by atoms with Crippen molar-refractivity contribution in [2.24, 2.45) is 0 Å². The van der Waals surface area contributed by atoms with E-state index in [2.05, 4.69) is 10.5 Å². The second-order valence-corrected chi connectivity index (χ2v) is 6.01. The highest BCUT2D eigenvalue weighted by atomic mass is 16.5. The van der Waals surface area contributed by atoms with Crippen molar-refractivity contribution in [3.05, 3.63) is 30.0 Å². The Hall–Kier alpha value is -2.90. The first-order chi connectivity index (χ1) is 11.6. The summed E-state index contributed by atoms with van der Waals surface area (Å²) < 4.78 is 5.22. The summed E-state index contributed by atoms with van der Waals surface area (Å²) in [5.74, 6) is -0.314. The molecule has 1 atom stereocenters. The van der Waals surface area contributed by atoms with Crippen molar-refractivity contribution in [2.45, 2.75) is 18.9 Å². The van der Waals surface area contributed by atoms with Gasteiger partial charge in [0.25, 0.3) is 0 Å². The molecule has 1 N–H and O–H groups in total. The lowest BCUT2D eigenvalue weighted by molar-refractivity contribution is -0.131. The Morgan fingerprint density at radius 1 is 1.33 bits per heavy atom. The normalized spacial score (nSPS) is 20.9. The molecular formula is C16H16N4O4. The maximum absolute atomic E-state index is 12.5. The van der Waals surface area contributed by atoms with Crippen LogP contribution >= 0.6 is 0 Å². The van der Waals surface area contributed by atoms with Crippen molar-refractivity contribution < 1.29 is 18.9 Å². The van der Waals surface area contributed by atoms with E-state index in [1.165, 1.54) is 4.90 Å². The Bertz CT molecular complexity index is 814. The van der Waals surface area contributed by atoms with Crippen LogP contribution in [0.5, 0.6) is 0 Å². The van der Waals surface area contributed by atoms with Gasteiger partial charge in [-0.25, -0.2) is 4.79 Å². The quantitative estimate of drug-likeness (QED) is 0.829. The summed E-state index contributed by atoms with van der Waals surface area (Å²) in [5, 5.41) is 7.31. The van der Waals surface area contributed by atoms with Crippen LogP contribution in [-0.4, -0.2) is 58.5 Å². The number of carbonyl (C=O) groups is 3. The number of imide groups is 1. The van der Waals surface area contributed by atoms with Crippen molar-refractivity contribution in [1.29, 1.82) is 0 Å². The fraction of sp³-hybridized carbons (Fsp3) is 0.375. The van der Waals surface area contributed by atoms with Crippen molar-refractivity contribution in [1.82, 2.24) is 20.3 Å². The number of urea groups is 1. The summed E-state index contributed by atoms with van der Waals surface area (Å²) in [5.41, 5.74) is 1.26. The molecule has 3 heterocycles. The van der Waals surface area contributed by atoms with Crippen LogP contribution in [-0.2, 0) is 16.0 Å². The van der Waals surface area contributed by atoms with Crippen LogP contribution in [0, 0.1) is 0 Å². The van der Waals surface area contributed by atoms with Crippen molar-refractivity contribution in [3.63, 3.8) is 0 Å². The Labute approximate surface area is 137 Å². The van der Waals surface area contributed by atoms with Gasteiger partial charge in [-0.05, 0) is 18.6 Å². The molecule has 4 rings (SSSR count). The molecule has 2 saturated heterocycles. The van der Waals surface area contributed by atoms with Gasteiger partial charge in [0.15, 0.2) is 5.58 Å². The molecule has 2 fully saturated rings. The van der Waals surface area contributed by atoms with Crippen LogP contribution in [0.4, 0.5) is 4.79 Å². The van der Waals surface area contributed by atoms with Gasteiger partial charge >= 0.3 is 6.03 Å². The molecule has 124 valence electrons. The molecule has 1 aromatic carbocycles. The van der Waals surface area contributed by atoms with Gasteiger partial charge in [-0.1, -0.05) is 17.3 Å². The number of fused-ring (bicyclic) bond motifs is 1. The molecule has 4 amide bonds. The van der Waals surface area contributed by atoms with E-state index in [9.17, 15) is 14.4 Å². The van der Waals surface area contributed by atoms with E-state index >= 15 is 0 Å². The van der Waals surface area contributed by atoms with Crippen LogP contribution in [0.3, 0.4) is 0 Å². The zero-order chi connectivity index (χ0) is 16.7. The first kappa shape index (κ1) is 14.7. The van der Waals surface area contributed by atoms with Crippen molar-refractivity contribution in [2.75, 3.05) is 19.6 Å². The molecule has 8 heteroatoms. The molecule has 2 aliphatic rings. The molecule has 1 unspecified atom stereocenters. The number of rotatable bonds is 3. The lowest BCUT2D eigenvalue weighted by Crippen LogP contribution is -2.43. The molecule has 0 bridgehead atoms. The predicted octanol–water partition coefficient (Wildman–Crippen LogP) is 0.523. The zero-order valence-electron chi connectivity index (χ0n) is 12.9. The third kappa shape index (κ3) is 2.40. The Morgan fingerprint density at radius 3 is 2.96 bits per heavy atom. The molecule has 2 aliphatic heterocycles.